The van der Waals surface area contributed by atoms with Crippen molar-refractivity contribution < 1.29 is 27.8 Å². The van der Waals surface area contributed by atoms with Crippen LogP contribution in [0.2, 0.25) is 0 Å². The van der Waals surface area contributed by atoms with Crippen molar-refractivity contribution in [2.75, 3.05) is 51.8 Å². The molecule has 5 rings (SSSR count). The SMILES string of the molecule is COC(=O)N1CCN(C(=O)[C@@H]2CN(c3ccc(C#N)nn3)C[C@H]2c2ccc(F)cc2F)CCCC1c1ccc(OC)cc1. The summed E-state index contributed by atoms with van der Waals surface area (Å²) in [7, 11) is 2.92. The monoisotopic (exact) mass is 590 g/mol. The lowest BCUT2D eigenvalue weighted by atomic mass is 9.87. The first-order valence-electron chi connectivity index (χ1n) is 14.0. The maximum Gasteiger partial charge on any atom is 0.410 e. The molecule has 43 heavy (non-hydrogen) atoms. The molecule has 2 aliphatic rings. The van der Waals surface area contributed by atoms with E-state index in [2.05, 4.69) is 10.2 Å². The molecule has 2 aliphatic heterocycles. The first-order valence-corrected chi connectivity index (χ1v) is 14.0. The van der Waals surface area contributed by atoms with Crippen molar-refractivity contribution in [3.8, 4) is 11.8 Å². The van der Waals surface area contributed by atoms with Crippen LogP contribution in [0.25, 0.3) is 0 Å². The smallest absolute Gasteiger partial charge is 0.410 e. The summed E-state index contributed by atoms with van der Waals surface area (Å²) in [6, 6.07) is 15.8. The average molecular weight is 591 g/mol. The molecule has 1 aromatic heterocycles. The number of hydrogen-bond acceptors (Lipinski definition) is 8. The lowest BCUT2D eigenvalue weighted by Gasteiger charge is -2.37. The molecule has 2 amide bonds. The van der Waals surface area contributed by atoms with E-state index >= 15 is 4.39 Å². The predicted molar refractivity (Wildman–Crippen MR) is 152 cm³/mol. The zero-order valence-corrected chi connectivity index (χ0v) is 24.0. The summed E-state index contributed by atoms with van der Waals surface area (Å²) < 4.78 is 39.2. The Balaban J connectivity index is 1.39. The number of methoxy groups -OCH3 is 2. The second-order valence-corrected chi connectivity index (χ2v) is 10.6. The summed E-state index contributed by atoms with van der Waals surface area (Å²) in [5.41, 5.74) is 1.33. The first-order chi connectivity index (χ1) is 20.8. The molecule has 2 aromatic carbocycles. The molecule has 224 valence electrons. The number of carbonyl (C=O) groups excluding carboxylic acids is 2. The van der Waals surface area contributed by atoms with Crippen molar-refractivity contribution in [3.05, 3.63) is 83.1 Å². The lowest BCUT2D eigenvalue weighted by Crippen LogP contribution is -2.47. The van der Waals surface area contributed by atoms with Crippen LogP contribution in [-0.4, -0.2) is 78.9 Å². The van der Waals surface area contributed by atoms with Crippen LogP contribution in [0.15, 0.2) is 54.6 Å². The molecule has 0 radical (unpaired) electrons. The van der Waals surface area contributed by atoms with Crippen molar-refractivity contribution in [1.29, 1.82) is 5.26 Å². The summed E-state index contributed by atoms with van der Waals surface area (Å²) in [6.45, 7) is 1.43. The third kappa shape index (κ3) is 6.35. The molecule has 3 aromatic rings. The van der Waals surface area contributed by atoms with Gasteiger partial charge in [0.1, 0.15) is 23.5 Å². The fourth-order valence-electron chi connectivity index (χ4n) is 6.00. The van der Waals surface area contributed by atoms with E-state index in [-0.39, 0.29) is 49.4 Å². The molecular formula is C31H32F2N6O4. The number of carbonyl (C=O) groups is 2. The summed E-state index contributed by atoms with van der Waals surface area (Å²) >= 11 is 0. The highest BCUT2D eigenvalue weighted by atomic mass is 19.1. The van der Waals surface area contributed by atoms with Crippen molar-refractivity contribution in [1.82, 2.24) is 20.0 Å². The molecule has 2 fully saturated rings. The van der Waals surface area contributed by atoms with Gasteiger partial charge in [0, 0.05) is 44.7 Å². The Morgan fingerprint density at radius 2 is 1.77 bits per heavy atom. The second kappa shape index (κ2) is 13.0. The van der Waals surface area contributed by atoms with Gasteiger partial charge in [0.2, 0.25) is 5.91 Å². The van der Waals surface area contributed by atoms with Gasteiger partial charge in [0.25, 0.3) is 0 Å². The van der Waals surface area contributed by atoms with E-state index < -0.39 is 29.6 Å². The van der Waals surface area contributed by atoms with Crippen LogP contribution in [0, 0.1) is 28.9 Å². The van der Waals surface area contributed by atoms with Crippen LogP contribution in [0.1, 0.15) is 41.6 Å². The van der Waals surface area contributed by atoms with Crippen molar-refractivity contribution >= 4 is 17.8 Å². The molecule has 0 aliphatic carbocycles. The van der Waals surface area contributed by atoms with Gasteiger partial charge in [0.05, 0.1) is 26.2 Å². The van der Waals surface area contributed by atoms with Crippen molar-refractivity contribution in [3.63, 3.8) is 0 Å². The van der Waals surface area contributed by atoms with Crippen molar-refractivity contribution in [2.45, 2.75) is 24.8 Å². The molecule has 10 nitrogen and oxygen atoms in total. The Morgan fingerprint density at radius 3 is 2.42 bits per heavy atom. The highest BCUT2D eigenvalue weighted by molar-refractivity contribution is 5.82. The number of benzene rings is 2. The van der Waals surface area contributed by atoms with E-state index in [0.717, 1.165) is 11.6 Å². The van der Waals surface area contributed by atoms with Crippen LogP contribution in [0.4, 0.5) is 19.4 Å². The topological polar surface area (TPSA) is 112 Å². The number of hydrogen-bond donors (Lipinski definition) is 0. The van der Waals surface area contributed by atoms with Gasteiger partial charge in [-0.25, -0.2) is 13.6 Å². The highest BCUT2D eigenvalue weighted by Gasteiger charge is 2.42. The zero-order valence-electron chi connectivity index (χ0n) is 24.0. The molecule has 0 bridgehead atoms. The van der Waals surface area contributed by atoms with Gasteiger partial charge in [-0.05, 0) is 54.3 Å². The van der Waals surface area contributed by atoms with E-state index in [4.69, 9.17) is 14.7 Å². The van der Waals surface area contributed by atoms with E-state index in [0.29, 0.717) is 31.0 Å². The maximum atomic E-state index is 15.0. The normalized spacial score (nSPS) is 20.6. The molecule has 3 atom stereocenters. The number of nitrogens with zero attached hydrogens (tertiary/aromatic N) is 6. The van der Waals surface area contributed by atoms with Gasteiger partial charge in [-0.2, -0.15) is 5.26 Å². The van der Waals surface area contributed by atoms with Gasteiger partial charge >= 0.3 is 6.09 Å². The van der Waals surface area contributed by atoms with Crippen LogP contribution < -0.4 is 9.64 Å². The van der Waals surface area contributed by atoms with Crippen LogP contribution in [-0.2, 0) is 9.53 Å². The number of rotatable bonds is 5. The Bertz CT molecular complexity index is 1500. The van der Waals surface area contributed by atoms with Gasteiger partial charge in [0.15, 0.2) is 11.5 Å². The molecule has 0 spiro atoms. The van der Waals surface area contributed by atoms with E-state index in [9.17, 15) is 14.0 Å². The van der Waals surface area contributed by atoms with Gasteiger partial charge in [-0.1, -0.05) is 18.2 Å². The average Bonchev–Trinajstić information content (AvgIpc) is 3.46. The number of ether oxygens (including phenoxy) is 2. The summed E-state index contributed by atoms with van der Waals surface area (Å²) in [4.78, 5) is 32.2. The Kier molecular flexibility index (Phi) is 8.99. The third-order valence-electron chi connectivity index (χ3n) is 8.20. The largest absolute Gasteiger partial charge is 0.497 e. The summed E-state index contributed by atoms with van der Waals surface area (Å²) in [5.74, 6) is -1.70. The maximum absolute atomic E-state index is 15.0. The van der Waals surface area contributed by atoms with Gasteiger partial charge in [-0.15, -0.1) is 10.2 Å². The van der Waals surface area contributed by atoms with E-state index in [1.165, 1.54) is 25.3 Å². The minimum Gasteiger partial charge on any atom is -0.497 e. The fraction of sp³-hybridized carbons (Fsp3) is 0.387. The minimum absolute atomic E-state index is 0.153. The third-order valence-corrected chi connectivity index (χ3v) is 8.20. The molecule has 2 saturated heterocycles. The number of nitriles is 1. The number of anilines is 1. The van der Waals surface area contributed by atoms with E-state index in [1.807, 2.05) is 35.2 Å². The highest BCUT2D eigenvalue weighted by Crippen LogP contribution is 2.38. The molecule has 0 saturated carbocycles. The number of halogens is 2. The summed E-state index contributed by atoms with van der Waals surface area (Å²) in [6.07, 6.45) is 0.717. The standard InChI is InChI=1S/C31H32F2N6O4/c1-42-23-9-5-20(6-10-23)28-4-3-13-37(14-15-39(28)31(41)43-2)30(40)26-19-38(29-12-8-22(17-34)35-36-29)18-25(26)24-11-7-21(32)16-27(24)33/h5-12,16,25-26,28H,3-4,13-15,18-19H2,1-2H3/t25-,26+,28?/m0/s1. The van der Waals surface area contributed by atoms with Crippen LogP contribution in [0.5, 0.6) is 5.75 Å². The summed E-state index contributed by atoms with van der Waals surface area (Å²) in [5, 5.41) is 17.1. The first kappa shape index (κ1) is 29.7. The van der Waals surface area contributed by atoms with Crippen LogP contribution >= 0.6 is 0 Å². The molecule has 1 unspecified atom stereocenters. The molecule has 0 N–H and O–H groups in total. The second-order valence-electron chi connectivity index (χ2n) is 10.6. The number of amides is 2. The Hall–Kier alpha value is -4.79. The fourth-order valence-corrected chi connectivity index (χ4v) is 6.00. The van der Waals surface area contributed by atoms with Gasteiger partial charge in [-0.3, -0.25) is 9.69 Å². The van der Waals surface area contributed by atoms with Gasteiger partial charge < -0.3 is 19.3 Å². The molecule has 3 heterocycles. The van der Waals surface area contributed by atoms with E-state index in [1.54, 1.807) is 23.0 Å². The minimum atomic E-state index is -0.720. The molecular weight excluding hydrogens is 558 g/mol. The van der Waals surface area contributed by atoms with Crippen molar-refractivity contribution in [2.24, 2.45) is 5.92 Å². The quantitative estimate of drug-likeness (QED) is 0.433. The Morgan fingerprint density at radius 1 is 0.977 bits per heavy atom. The predicted octanol–water partition coefficient (Wildman–Crippen LogP) is 4.29. The zero-order chi connectivity index (χ0) is 30.5. The molecule has 12 heteroatoms. The number of aromatic nitrogens is 2. The lowest BCUT2D eigenvalue weighted by molar-refractivity contribution is -0.136. The van der Waals surface area contributed by atoms with Crippen LogP contribution in [0.3, 0.4) is 0 Å². The Labute approximate surface area is 248 Å².